The minimum absolute atomic E-state index is 0.425. The van der Waals surface area contributed by atoms with Crippen molar-refractivity contribution in [1.82, 2.24) is 10.3 Å². The summed E-state index contributed by atoms with van der Waals surface area (Å²) in [4.78, 5) is 13.4. The highest BCUT2D eigenvalue weighted by Crippen LogP contribution is 2.22. The highest BCUT2D eigenvalue weighted by Gasteiger charge is 2.15. The van der Waals surface area contributed by atoms with E-state index in [0.29, 0.717) is 12.2 Å². The predicted octanol–water partition coefficient (Wildman–Crippen LogP) is 0.928. The molecule has 0 atom stereocenters. The van der Waals surface area contributed by atoms with Crippen molar-refractivity contribution < 1.29 is 10.0 Å². The van der Waals surface area contributed by atoms with Gasteiger partial charge in [-0.3, -0.25) is 0 Å². The van der Waals surface area contributed by atoms with E-state index in [0.717, 1.165) is 0 Å². The van der Waals surface area contributed by atoms with Crippen LogP contribution in [0.5, 0.6) is 5.75 Å². The second-order valence-corrected chi connectivity index (χ2v) is 2.80. The van der Waals surface area contributed by atoms with Gasteiger partial charge >= 0.3 is 5.82 Å². The first-order valence-electron chi connectivity index (χ1n) is 4.30. The molecule has 1 heterocycles. The summed E-state index contributed by atoms with van der Waals surface area (Å²) in [5, 5.41) is 22.5. The molecule has 6 nitrogen and oxygen atoms in total. The van der Waals surface area contributed by atoms with Crippen LogP contribution in [-0.2, 0) is 0 Å². The molecule has 0 saturated carbocycles. The van der Waals surface area contributed by atoms with Crippen molar-refractivity contribution in [3.05, 3.63) is 34.0 Å². The number of pyridine rings is 1. The van der Waals surface area contributed by atoms with Crippen LogP contribution in [0.3, 0.4) is 0 Å². The van der Waals surface area contributed by atoms with Gasteiger partial charge in [-0.2, -0.15) is 0 Å². The second kappa shape index (κ2) is 5.06. The minimum Gasteiger partial charge on any atom is -0.501 e. The highest BCUT2D eigenvalue weighted by molar-refractivity contribution is 5.50. The van der Waals surface area contributed by atoms with Crippen LogP contribution in [0.4, 0.5) is 5.82 Å². The molecule has 0 saturated heterocycles. The minimum atomic E-state index is -0.718. The van der Waals surface area contributed by atoms with E-state index in [9.17, 15) is 10.1 Å². The summed E-state index contributed by atoms with van der Waals surface area (Å²) in [5.41, 5.74) is 0.440. The summed E-state index contributed by atoms with van der Waals surface area (Å²) in [7, 11) is 1.79. The lowest BCUT2D eigenvalue weighted by Crippen LogP contribution is -2.03. The van der Waals surface area contributed by atoms with Crippen LogP contribution in [0.25, 0.3) is 6.08 Å². The molecule has 0 aliphatic rings. The molecule has 2 N–H and O–H groups in total. The third kappa shape index (κ3) is 3.03. The summed E-state index contributed by atoms with van der Waals surface area (Å²) in [5.74, 6) is -0.952. The molecular formula is C9H11N3O3. The average Bonchev–Trinajstić information content (AvgIpc) is 2.20. The number of nitrogens with zero attached hydrogens (tertiary/aromatic N) is 2. The van der Waals surface area contributed by atoms with Gasteiger partial charge in [0.2, 0.25) is 5.75 Å². The van der Waals surface area contributed by atoms with E-state index in [-0.39, 0.29) is 0 Å². The molecular weight excluding hydrogens is 198 g/mol. The molecule has 0 unspecified atom stereocenters. The zero-order valence-electron chi connectivity index (χ0n) is 8.17. The van der Waals surface area contributed by atoms with Gasteiger partial charge in [-0.25, -0.2) is 0 Å². The van der Waals surface area contributed by atoms with Crippen LogP contribution in [0.15, 0.2) is 18.2 Å². The van der Waals surface area contributed by atoms with Gasteiger partial charge in [-0.1, -0.05) is 6.08 Å². The first kappa shape index (κ1) is 11.1. The number of hydrogen-bond donors (Lipinski definition) is 2. The summed E-state index contributed by atoms with van der Waals surface area (Å²) in [6.07, 6.45) is 3.42. The molecule has 0 aromatic carbocycles. The maximum atomic E-state index is 10.5. The standard InChI is InChI=1S/C9H11N3O3/c1-10-6-2-3-7-4-5-8(13)9(11-7)12(14)15/h2-5,10,13H,6H2,1H3. The van der Waals surface area contributed by atoms with Crippen LogP contribution >= 0.6 is 0 Å². The molecule has 1 aromatic rings. The Kier molecular flexibility index (Phi) is 3.75. The van der Waals surface area contributed by atoms with Crippen LogP contribution in [0.2, 0.25) is 0 Å². The molecule has 6 heteroatoms. The van der Waals surface area contributed by atoms with Crippen molar-refractivity contribution in [2.45, 2.75) is 0 Å². The van der Waals surface area contributed by atoms with Gasteiger partial charge in [0.15, 0.2) is 5.69 Å². The SMILES string of the molecule is CNCC=Cc1ccc(O)c([N+](=O)[O-])n1. The Labute approximate surface area is 86.4 Å². The Bertz CT molecular complexity index is 390. The Morgan fingerprint density at radius 3 is 3.00 bits per heavy atom. The molecule has 1 aromatic heterocycles. The number of likely N-dealkylation sites (N-methyl/N-ethyl adjacent to an activating group) is 1. The van der Waals surface area contributed by atoms with E-state index in [2.05, 4.69) is 10.3 Å². The number of aromatic hydroxyl groups is 1. The Morgan fingerprint density at radius 2 is 2.40 bits per heavy atom. The summed E-state index contributed by atoms with van der Waals surface area (Å²) >= 11 is 0. The van der Waals surface area contributed by atoms with Crippen molar-refractivity contribution in [2.75, 3.05) is 13.6 Å². The van der Waals surface area contributed by atoms with Gasteiger partial charge in [-0.05, 0) is 35.2 Å². The number of aromatic nitrogens is 1. The van der Waals surface area contributed by atoms with E-state index in [1.165, 1.54) is 12.1 Å². The third-order valence-corrected chi connectivity index (χ3v) is 1.66. The van der Waals surface area contributed by atoms with Gasteiger partial charge in [0.05, 0.1) is 0 Å². The highest BCUT2D eigenvalue weighted by atomic mass is 16.6. The number of nitro groups is 1. The largest absolute Gasteiger partial charge is 0.501 e. The zero-order valence-corrected chi connectivity index (χ0v) is 8.17. The molecule has 0 spiro atoms. The predicted molar refractivity (Wildman–Crippen MR) is 55.5 cm³/mol. The number of rotatable bonds is 4. The normalized spacial score (nSPS) is 10.7. The van der Waals surface area contributed by atoms with Crippen LogP contribution < -0.4 is 5.32 Å². The third-order valence-electron chi connectivity index (χ3n) is 1.66. The van der Waals surface area contributed by atoms with Crippen LogP contribution in [-0.4, -0.2) is 28.6 Å². The maximum Gasteiger partial charge on any atom is 0.406 e. The zero-order chi connectivity index (χ0) is 11.3. The van der Waals surface area contributed by atoms with E-state index in [4.69, 9.17) is 5.11 Å². The molecule has 1 rings (SSSR count). The van der Waals surface area contributed by atoms with Gasteiger partial charge in [0.25, 0.3) is 0 Å². The molecule has 0 fully saturated rings. The van der Waals surface area contributed by atoms with Gasteiger partial charge in [-0.15, -0.1) is 0 Å². The average molecular weight is 209 g/mol. The first-order valence-corrected chi connectivity index (χ1v) is 4.30. The van der Waals surface area contributed by atoms with Crippen molar-refractivity contribution in [2.24, 2.45) is 0 Å². The lowest BCUT2D eigenvalue weighted by Gasteiger charge is -1.95. The van der Waals surface area contributed by atoms with Gasteiger partial charge in [0, 0.05) is 6.54 Å². The molecule has 0 radical (unpaired) electrons. The molecule has 0 aliphatic carbocycles. The fourth-order valence-electron chi connectivity index (χ4n) is 0.980. The molecule has 15 heavy (non-hydrogen) atoms. The summed E-state index contributed by atoms with van der Waals surface area (Å²) in [6.45, 7) is 0.649. The van der Waals surface area contributed by atoms with Crippen molar-refractivity contribution in [3.8, 4) is 5.75 Å². The van der Waals surface area contributed by atoms with E-state index in [1.807, 2.05) is 0 Å². The van der Waals surface area contributed by atoms with Gasteiger partial charge < -0.3 is 20.5 Å². The monoisotopic (exact) mass is 209 g/mol. The van der Waals surface area contributed by atoms with Crippen molar-refractivity contribution >= 4 is 11.9 Å². The number of hydrogen-bond acceptors (Lipinski definition) is 5. The topological polar surface area (TPSA) is 88.3 Å². The van der Waals surface area contributed by atoms with Crippen molar-refractivity contribution in [3.63, 3.8) is 0 Å². The Morgan fingerprint density at radius 1 is 1.67 bits per heavy atom. The van der Waals surface area contributed by atoms with Crippen molar-refractivity contribution in [1.29, 1.82) is 0 Å². The maximum absolute atomic E-state index is 10.5. The second-order valence-electron chi connectivity index (χ2n) is 2.80. The Balaban J connectivity index is 2.92. The van der Waals surface area contributed by atoms with Crippen LogP contribution in [0, 0.1) is 10.1 Å². The number of nitrogens with one attached hydrogen (secondary N) is 1. The first-order chi connectivity index (χ1) is 7.15. The quantitative estimate of drug-likeness (QED) is 0.568. The van der Waals surface area contributed by atoms with E-state index < -0.39 is 16.5 Å². The fraction of sp³-hybridized carbons (Fsp3) is 0.222. The van der Waals surface area contributed by atoms with E-state index >= 15 is 0 Å². The summed E-state index contributed by atoms with van der Waals surface area (Å²) in [6, 6.07) is 2.76. The lowest BCUT2D eigenvalue weighted by molar-refractivity contribution is -0.390. The smallest absolute Gasteiger partial charge is 0.406 e. The fourth-order valence-corrected chi connectivity index (χ4v) is 0.980. The lowest BCUT2D eigenvalue weighted by atomic mass is 10.3. The Hall–Kier alpha value is -1.95. The summed E-state index contributed by atoms with van der Waals surface area (Å²) < 4.78 is 0. The van der Waals surface area contributed by atoms with E-state index in [1.54, 1.807) is 19.2 Å². The van der Waals surface area contributed by atoms with Crippen LogP contribution in [0.1, 0.15) is 5.69 Å². The molecule has 0 bridgehead atoms. The van der Waals surface area contributed by atoms with Gasteiger partial charge in [0.1, 0.15) is 0 Å². The molecule has 0 aliphatic heterocycles. The molecule has 0 amide bonds. The molecule has 80 valence electrons.